The Bertz CT molecular complexity index is 1670. The molecule has 1 fully saturated rings. The van der Waals surface area contributed by atoms with Gasteiger partial charge >= 0.3 is 0 Å². The molecular formula is C28H29ClF2N4O3S. The highest BCUT2D eigenvalue weighted by molar-refractivity contribution is 7.90. The fraction of sp³-hybridized carbons (Fsp3) is 0.321. The number of aryl methyl sites for hydroxylation is 1. The van der Waals surface area contributed by atoms with Crippen molar-refractivity contribution in [1.82, 2.24) is 14.3 Å². The van der Waals surface area contributed by atoms with Crippen molar-refractivity contribution in [3.63, 3.8) is 0 Å². The molecule has 2 heterocycles. The van der Waals surface area contributed by atoms with Gasteiger partial charge in [-0.2, -0.15) is 5.10 Å². The molecule has 2 aromatic heterocycles. The van der Waals surface area contributed by atoms with Gasteiger partial charge in [0, 0.05) is 35.6 Å². The number of aromatic nitrogens is 3. The Kier molecular flexibility index (Phi) is 8.37. The number of allylic oxidation sites excluding steroid dienone is 2. The fourth-order valence-corrected chi connectivity index (χ4v) is 5.50. The highest BCUT2D eigenvalue weighted by Gasteiger charge is 2.27. The Morgan fingerprint density at radius 1 is 1.31 bits per heavy atom. The molecule has 39 heavy (non-hydrogen) atoms. The molecule has 0 radical (unpaired) electrons. The maximum Gasteiger partial charge on any atom is 0.273 e. The summed E-state index contributed by atoms with van der Waals surface area (Å²) in [6.07, 6.45) is 9.07. The number of benzene rings is 1. The molecule has 7 nitrogen and oxygen atoms in total. The summed E-state index contributed by atoms with van der Waals surface area (Å²) >= 11 is 6.50. The summed E-state index contributed by atoms with van der Waals surface area (Å²) in [6.45, 7) is 5.24. The lowest BCUT2D eigenvalue weighted by molar-refractivity contribution is 0.568. The van der Waals surface area contributed by atoms with Crippen LogP contribution in [0.25, 0.3) is 6.20 Å². The molecule has 0 spiro atoms. The molecule has 3 aromatic rings. The third kappa shape index (κ3) is 6.12. The average molecular weight is 575 g/mol. The van der Waals surface area contributed by atoms with Gasteiger partial charge in [-0.25, -0.2) is 17.2 Å². The third-order valence-corrected chi connectivity index (χ3v) is 8.03. The first-order chi connectivity index (χ1) is 18.4. The van der Waals surface area contributed by atoms with Crippen LogP contribution in [0.15, 0.2) is 69.3 Å². The molecule has 1 aliphatic rings. The second kappa shape index (κ2) is 11.4. The van der Waals surface area contributed by atoms with Crippen molar-refractivity contribution in [3.8, 4) is 0 Å². The lowest BCUT2D eigenvalue weighted by Gasteiger charge is -2.17. The Morgan fingerprint density at radius 2 is 2.03 bits per heavy atom. The quantitative estimate of drug-likeness (QED) is 0.292. The van der Waals surface area contributed by atoms with E-state index in [1.165, 1.54) is 24.4 Å². The highest BCUT2D eigenvalue weighted by atomic mass is 35.5. The smallest absolute Gasteiger partial charge is 0.273 e. The molecule has 1 atom stereocenters. The lowest BCUT2D eigenvalue weighted by Crippen LogP contribution is -2.22. The first kappa shape index (κ1) is 28.6. The molecule has 1 aromatic carbocycles. The van der Waals surface area contributed by atoms with Gasteiger partial charge in [0.15, 0.2) is 21.5 Å². The number of rotatable bonds is 9. The number of halogens is 3. The van der Waals surface area contributed by atoms with Crippen molar-refractivity contribution in [2.24, 2.45) is 4.99 Å². The van der Waals surface area contributed by atoms with E-state index >= 15 is 8.78 Å². The van der Waals surface area contributed by atoms with Crippen molar-refractivity contribution in [3.05, 3.63) is 98.3 Å². The Hall–Kier alpha value is -3.37. The van der Waals surface area contributed by atoms with Gasteiger partial charge in [0.1, 0.15) is 15.6 Å². The number of nitrogens with zero attached hydrogens (tertiary/aromatic N) is 4. The summed E-state index contributed by atoms with van der Waals surface area (Å²) in [5.41, 5.74) is 0.621. The topological polar surface area (TPSA) is 86.3 Å². The van der Waals surface area contributed by atoms with E-state index in [1.54, 1.807) is 26.1 Å². The second-order valence-corrected chi connectivity index (χ2v) is 12.0. The molecule has 1 aliphatic carbocycles. The molecular weight excluding hydrogens is 546 g/mol. The predicted molar refractivity (Wildman–Crippen MR) is 149 cm³/mol. The number of aliphatic imine (C=N–C) groups is 1. The lowest BCUT2D eigenvalue weighted by atomic mass is 9.96. The summed E-state index contributed by atoms with van der Waals surface area (Å²) in [6, 6.07) is 7.71. The molecule has 0 N–H and O–H groups in total. The predicted octanol–water partition coefficient (Wildman–Crippen LogP) is 6.02. The molecule has 4 rings (SSSR count). The van der Waals surface area contributed by atoms with Gasteiger partial charge in [0.25, 0.3) is 5.56 Å². The summed E-state index contributed by atoms with van der Waals surface area (Å²) in [7, 11) is -3.92. The SMILES string of the molecule is C/C=C/N=C(/C(F)=C/n1c(C)cc(C(C)Cc2ccnn2C2CC2)c(Cl)c1=O)c1cccc(S(C)(=O)=O)c1F. The maximum atomic E-state index is 15.7. The van der Waals surface area contributed by atoms with Gasteiger partial charge in [-0.15, -0.1) is 0 Å². The van der Waals surface area contributed by atoms with Crippen molar-refractivity contribution in [2.45, 2.75) is 56.9 Å². The molecule has 206 valence electrons. The van der Waals surface area contributed by atoms with E-state index < -0.39 is 37.6 Å². The summed E-state index contributed by atoms with van der Waals surface area (Å²) in [4.78, 5) is 16.7. The van der Waals surface area contributed by atoms with E-state index in [4.69, 9.17) is 11.6 Å². The number of sulfone groups is 1. The maximum absolute atomic E-state index is 15.7. The first-order valence-electron chi connectivity index (χ1n) is 12.4. The van der Waals surface area contributed by atoms with Crippen LogP contribution in [0, 0.1) is 12.7 Å². The summed E-state index contributed by atoms with van der Waals surface area (Å²) < 4.78 is 57.9. The minimum atomic E-state index is -3.92. The van der Waals surface area contributed by atoms with E-state index in [2.05, 4.69) is 10.1 Å². The monoisotopic (exact) mass is 574 g/mol. The minimum absolute atomic E-state index is 0.0492. The molecule has 0 aliphatic heterocycles. The van der Waals surface area contributed by atoms with Crippen LogP contribution in [0.4, 0.5) is 8.78 Å². The van der Waals surface area contributed by atoms with Crippen LogP contribution in [0.1, 0.15) is 61.2 Å². The highest BCUT2D eigenvalue weighted by Crippen LogP contribution is 2.36. The molecule has 1 unspecified atom stereocenters. The van der Waals surface area contributed by atoms with Crippen LogP contribution in [0.2, 0.25) is 5.02 Å². The van der Waals surface area contributed by atoms with Gasteiger partial charge in [0.2, 0.25) is 0 Å². The van der Waals surface area contributed by atoms with Gasteiger partial charge in [-0.1, -0.05) is 30.7 Å². The fourth-order valence-electron chi connectivity index (χ4n) is 4.40. The molecule has 11 heteroatoms. The standard InChI is InChI=1S/C28H29ClF2N4O3S/c1-5-12-32-27(21-7-6-8-24(26(21)31)39(4,37)38)23(30)16-34-18(3)15-22(25(29)28(34)36)17(2)14-20-11-13-33-35(20)19-9-10-19/h5-8,11-13,15-17,19H,9-10,14H2,1-4H3/b12-5+,23-16-,32-27+. The van der Waals surface area contributed by atoms with Gasteiger partial charge in [-0.05, 0) is 68.9 Å². The van der Waals surface area contributed by atoms with Crippen LogP contribution in [-0.2, 0) is 16.3 Å². The normalized spacial score (nSPS) is 15.8. The van der Waals surface area contributed by atoms with Crippen LogP contribution >= 0.6 is 11.6 Å². The number of pyridine rings is 1. The van der Waals surface area contributed by atoms with Gasteiger partial charge in [0.05, 0.1) is 12.2 Å². The Balaban J connectivity index is 1.73. The van der Waals surface area contributed by atoms with E-state index in [9.17, 15) is 13.2 Å². The van der Waals surface area contributed by atoms with Gasteiger partial charge in [-0.3, -0.25) is 19.0 Å². The van der Waals surface area contributed by atoms with Crippen LogP contribution < -0.4 is 5.56 Å². The Labute approximate surface area is 231 Å². The van der Waals surface area contributed by atoms with Crippen molar-refractivity contribution < 1.29 is 17.2 Å². The minimum Gasteiger partial charge on any atom is -0.284 e. The molecule has 0 saturated heterocycles. The number of hydrogen-bond donors (Lipinski definition) is 0. The largest absolute Gasteiger partial charge is 0.284 e. The van der Waals surface area contributed by atoms with Crippen LogP contribution in [-0.4, -0.2) is 34.7 Å². The number of hydrogen-bond acceptors (Lipinski definition) is 5. The first-order valence-corrected chi connectivity index (χ1v) is 14.7. The Morgan fingerprint density at radius 3 is 2.67 bits per heavy atom. The van der Waals surface area contributed by atoms with Crippen LogP contribution in [0.3, 0.4) is 0 Å². The van der Waals surface area contributed by atoms with Crippen molar-refractivity contribution >= 4 is 33.3 Å². The molecule has 1 saturated carbocycles. The zero-order valence-electron chi connectivity index (χ0n) is 22.0. The van der Waals surface area contributed by atoms with Crippen LogP contribution in [0.5, 0.6) is 0 Å². The zero-order chi connectivity index (χ0) is 28.5. The van der Waals surface area contributed by atoms with Crippen molar-refractivity contribution in [2.75, 3.05) is 6.26 Å². The third-order valence-electron chi connectivity index (χ3n) is 6.53. The van der Waals surface area contributed by atoms with E-state index in [0.717, 1.165) is 41.6 Å². The van der Waals surface area contributed by atoms with E-state index in [0.29, 0.717) is 23.7 Å². The average Bonchev–Trinajstić information content (AvgIpc) is 3.62. The molecule has 0 amide bonds. The van der Waals surface area contributed by atoms with Gasteiger partial charge < -0.3 is 0 Å². The molecule has 0 bridgehead atoms. The van der Waals surface area contributed by atoms with E-state index in [1.807, 2.05) is 17.7 Å². The summed E-state index contributed by atoms with van der Waals surface area (Å²) in [5, 5.41) is 4.36. The zero-order valence-corrected chi connectivity index (χ0v) is 23.6. The second-order valence-electron chi connectivity index (χ2n) is 9.66. The summed E-state index contributed by atoms with van der Waals surface area (Å²) in [5.74, 6) is -2.29. The van der Waals surface area contributed by atoms with E-state index in [-0.39, 0.29) is 16.5 Å². The van der Waals surface area contributed by atoms with Crippen molar-refractivity contribution in [1.29, 1.82) is 0 Å².